The molecule has 15 heteroatoms. The minimum absolute atomic E-state index is 0.0289. The standard InChI is InChI=1S/C22H19ClF3N7O4/c1-21(29-20(36)33(31-21)12-5-3-2-4-6-12)16-14-15(37-30-16)19(35)32(18(14)34)8-7-27-17-13(23)9-11(10-28-17)22(24,25)26/h2-6,9-10,14-15,31H,7-8H2,1H3,(H,27,28)(H,29,36)/t14-,15-,21+/m0/s1. The van der Waals surface area contributed by atoms with Gasteiger partial charge in [0.15, 0.2) is 5.66 Å². The topological polar surface area (TPSA) is 128 Å². The predicted octanol–water partition coefficient (Wildman–Crippen LogP) is 2.36. The van der Waals surface area contributed by atoms with Crippen LogP contribution in [0.15, 0.2) is 47.8 Å². The zero-order chi connectivity index (χ0) is 26.5. The highest BCUT2D eigenvalue weighted by molar-refractivity contribution is 6.33. The van der Waals surface area contributed by atoms with Crippen LogP contribution >= 0.6 is 11.6 Å². The number of amides is 4. The van der Waals surface area contributed by atoms with E-state index in [0.717, 1.165) is 11.0 Å². The van der Waals surface area contributed by atoms with Crippen molar-refractivity contribution in [1.29, 1.82) is 0 Å². The van der Waals surface area contributed by atoms with Gasteiger partial charge in [0.1, 0.15) is 17.4 Å². The Morgan fingerprint density at radius 3 is 2.59 bits per heavy atom. The molecule has 0 bridgehead atoms. The first-order valence-corrected chi connectivity index (χ1v) is 11.4. The van der Waals surface area contributed by atoms with Crippen molar-refractivity contribution in [3.8, 4) is 0 Å². The summed E-state index contributed by atoms with van der Waals surface area (Å²) in [5.41, 5.74) is 1.36. The first kappa shape index (κ1) is 24.8. The molecule has 4 amide bonds. The SMILES string of the molecule is C[C@@]1(C2=NO[C@@H]3C(=O)N(CCNc4ncc(C(F)(F)F)cc4Cl)C(=O)[C@H]23)NC(=O)N(c2ccccc2)N1. The summed E-state index contributed by atoms with van der Waals surface area (Å²) in [4.78, 5) is 48.6. The summed E-state index contributed by atoms with van der Waals surface area (Å²) in [6.07, 6.45) is -5.16. The first-order chi connectivity index (χ1) is 17.5. The molecule has 1 aromatic carbocycles. The number of hydrogen-bond donors (Lipinski definition) is 3. The number of hydrogen-bond acceptors (Lipinski definition) is 8. The third-order valence-corrected chi connectivity index (χ3v) is 6.41. The third kappa shape index (κ3) is 4.31. The summed E-state index contributed by atoms with van der Waals surface area (Å²) in [6.45, 7) is 1.43. The molecule has 194 valence electrons. The van der Waals surface area contributed by atoms with Gasteiger partial charge in [0.25, 0.3) is 5.91 Å². The van der Waals surface area contributed by atoms with Gasteiger partial charge in [0.2, 0.25) is 12.0 Å². The number of para-hydroxylation sites is 1. The lowest BCUT2D eigenvalue weighted by Crippen LogP contribution is -2.58. The molecule has 0 spiro atoms. The highest BCUT2D eigenvalue weighted by Crippen LogP contribution is 2.35. The summed E-state index contributed by atoms with van der Waals surface area (Å²) in [5.74, 6) is -2.32. The molecular weight excluding hydrogens is 519 g/mol. The summed E-state index contributed by atoms with van der Waals surface area (Å²) in [5, 5.41) is 10.4. The molecule has 3 N–H and O–H groups in total. The number of hydrazine groups is 1. The Balaban J connectivity index is 1.26. The van der Waals surface area contributed by atoms with Crippen LogP contribution in [0.5, 0.6) is 0 Å². The van der Waals surface area contributed by atoms with Gasteiger partial charge in [-0.2, -0.15) is 18.6 Å². The van der Waals surface area contributed by atoms with Crippen molar-refractivity contribution in [2.45, 2.75) is 24.9 Å². The van der Waals surface area contributed by atoms with Crippen molar-refractivity contribution in [2.75, 3.05) is 23.4 Å². The van der Waals surface area contributed by atoms with E-state index in [1.807, 2.05) is 0 Å². The highest BCUT2D eigenvalue weighted by Gasteiger charge is 2.61. The van der Waals surface area contributed by atoms with E-state index in [-0.39, 0.29) is 29.6 Å². The van der Waals surface area contributed by atoms with Crippen LogP contribution in [0.3, 0.4) is 0 Å². The number of pyridine rings is 1. The minimum Gasteiger partial charge on any atom is -0.381 e. The molecule has 11 nitrogen and oxygen atoms in total. The molecule has 3 atom stereocenters. The Morgan fingerprint density at radius 1 is 1.19 bits per heavy atom. The number of oxime groups is 1. The van der Waals surface area contributed by atoms with Gasteiger partial charge in [-0.3, -0.25) is 14.5 Å². The van der Waals surface area contributed by atoms with E-state index in [4.69, 9.17) is 16.4 Å². The molecule has 37 heavy (non-hydrogen) atoms. The van der Waals surface area contributed by atoms with Gasteiger partial charge in [0.05, 0.1) is 16.3 Å². The van der Waals surface area contributed by atoms with Crippen molar-refractivity contribution >= 4 is 46.7 Å². The lowest BCUT2D eigenvalue weighted by atomic mass is 9.91. The van der Waals surface area contributed by atoms with Crippen LogP contribution in [0, 0.1) is 5.92 Å². The summed E-state index contributed by atoms with van der Waals surface area (Å²) >= 11 is 5.89. The Morgan fingerprint density at radius 2 is 1.92 bits per heavy atom. The van der Waals surface area contributed by atoms with E-state index in [1.54, 1.807) is 37.3 Å². The van der Waals surface area contributed by atoms with E-state index < -0.39 is 47.3 Å². The van der Waals surface area contributed by atoms with E-state index in [9.17, 15) is 27.6 Å². The zero-order valence-electron chi connectivity index (χ0n) is 19.0. The molecule has 0 saturated carbocycles. The zero-order valence-corrected chi connectivity index (χ0v) is 19.8. The maximum atomic E-state index is 13.2. The molecule has 0 unspecified atom stereocenters. The molecule has 1 aromatic heterocycles. The Labute approximate surface area is 212 Å². The van der Waals surface area contributed by atoms with Crippen LogP contribution in [0.4, 0.5) is 29.5 Å². The van der Waals surface area contributed by atoms with Gasteiger partial charge >= 0.3 is 12.2 Å². The lowest BCUT2D eigenvalue weighted by molar-refractivity contribution is -0.142. The molecule has 2 saturated heterocycles. The van der Waals surface area contributed by atoms with Gasteiger partial charge < -0.3 is 15.5 Å². The molecule has 0 radical (unpaired) electrons. The van der Waals surface area contributed by atoms with Crippen molar-refractivity contribution < 1.29 is 32.4 Å². The van der Waals surface area contributed by atoms with Crippen LogP contribution in [-0.4, -0.2) is 58.3 Å². The number of rotatable bonds is 6. The third-order valence-electron chi connectivity index (χ3n) is 6.12. The van der Waals surface area contributed by atoms with Gasteiger partial charge in [-0.25, -0.2) is 14.8 Å². The Hall–Kier alpha value is -3.91. The average Bonchev–Trinajstić information content (AvgIpc) is 3.49. The van der Waals surface area contributed by atoms with E-state index in [0.29, 0.717) is 11.9 Å². The number of halogens is 4. The quantitative estimate of drug-likeness (QED) is 0.483. The number of alkyl halides is 3. The van der Waals surface area contributed by atoms with E-state index >= 15 is 0 Å². The molecule has 5 rings (SSSR count). The van der Waals surface area contributed by atoms with Crippen LogP contribution in [0.25, 0.3) is 0 Å². The van der Waals surface area contributed by atoms with Crippen molar-refractivity contribution in [1.82, 2.24) is 20.6 Å². The number of benzene rings is 1. The first-order valence-electron chi connectivity index (χ1n) is 11.0. The predicted molar refractivity (Wildman–Crippen MR) is 124 cm³/mol. The molecule has 2 fully saturated rings. The largest absolute Gasteiger partial charge is 0.417 e. The van der Waals surface area contributed by atoms with Crippen LogP contribution in [0.2, 0.25) is 5.02 Å². The number of anilines is 2. The fourth-order valence-electron chi connectivity index (χ4n) is 4.32. The molecule has 3 aliphatic heterocycles. The number of imide groups is 1. The second kappa shape index (κ2) is 8.88. The smallest absolute Gasteiger partial charge is 0.381 e. The number of nitrogens with one attached hydrogen (secondary N) is 3. The number of urea groups is 1. The second-order valence-corrected chi connectivity index (χ2v) is 9.03. The second-order valence-electron chi connectivity index (χ2n) is 8.63. The Kier molecular flexibility index (Phi) is 5.95. The van der Waals surface area contributed by atoms with Crippen molar-refractivity contribution in [3.63, 3.8) is 0 Å². The summed E-state index contributed by atoms with van der Waals surface area (Å²) in [7, 11) is 0. The summed E-state index contributed by atoms with van der Waals surface area (Å²) in [6, 6.07) is 8.97. The molecular formula is C22H19ClF3N7O4. The average molecular weight is 538 g/mol. The van der Waals surface area contributed by atoms with Crippen LogP contribution < -0.4 is 21.1 Å². The lowest BCUT2D eigenvalue weighted by Gasteiger charge is -2.26. The number of carbonyl (C=O) groups is 3. The van der Waals surface area contributed by atoms with Gasteiger partial charge in [-0.15, -0.1) is 0 Å². The monoisotopic (exact) mass is 537 g/mol. The number of aromatic nitrogens is 1. The normalized spacial score (nSPS) is 25.2. The van der Waals surface area contributed by atoms with Gasteiger partial charge in [-0.05, 0) is 25.1 Å². The maximum absolute atomic E-state index is 13.2. The van der Waals surface area contributed by atoms with Crippen molar-refractivity contribution in [3.05, 3.63) is 53.2 Å². The highest BCUT2D eigenvalue weighted by atomic mass is 35.5. The minimum atomic E-state index is -4.59. The molecule has 4 heterocycles. The number of nitrogens with zero attached hydrogens (tertiary/aromatic N) is 4. The number of fused-ring (bicyclic) bond motifs is 1. The number of likely N-dealkylation sites (tertiary alicyclic amines) is 1. The fourth-order valence-corrected chi connectivity index (χ4v) is 4.56. The summed E-state index contributed by atoms with van der Waals surface area (Å²) < 4.78 is 38.4. The Bertz CT molecular complexity index is 1310. The van der Waals surface area contributed by atoms with Gasteiger partial charge in [0, 0.05) is 19.3 Å². The molecule has 2 aromatic rings. The van der Waals surface area contributed by atoms with E-state index in [2.05, 4.69) is 26.2 Å². The van der Waals surface area contributed by atoms with Crippen LogP contribution in [0.1, 0.15) is 12.5 Å². The fraction of sp³-hybridized carbons (Fsp3) is 0.318. The molecule has 3 aliphatic rings. The van der Waals surface area contributed by atoms with Crippen LogP contribution in [-0.2, 0) is 20.6 Å². The van der Waals surface area contributed by atoms with E-state index in [1.165, 1.54) is 5.01 Å². The number of carbonyl (C=O) groups excluding carboxylic acids is 3. The van der Waals surface area contributed by atoms with Gasteiger partial charge in [-0.1, -0.05) is 35.0 Å². The molecule has 0 aliphatic carbocycles. The van der Waals surface area contributed by atoms with Crippen molar-refractivity contribution in [2.24, 2.45) is 11.1 Å². The maximum Gasteiger partial charge on any atom is 0.417 e.